The second-order valence-corrected chi connectivity index (χ2v) is 8.43. The van der Waals surface area contributed by atoms with Gasteiger partial charge in [0.05, 0.1) is 6.61 Å². The maximum atomic E-state index is 14.1. The number of nitrogens with zero attached hydrogens (tertiary/aromatic N) is 2. The summed E-state index contributed by atoms with van der Waals surface area (Å²) in [5.74, 6) is -1.02. The molecular formula is C26H28F2N2O3. The van der Waals surface area contributed by atoms with Crippen LogP contribution >= 0.6 is 0 Å². The minimum Gasteiger partial charge on any atom is -0.465 e. The van der Waals surface area contributed by atoms with Gasteiger partial charge in [-0.3, -0.25) is 9.59 Å². The predicted molar refractivity (Wildman–Crippen MR) is 122 cm³/mol. The fraction of sp³-hybridized carbons (Fsp3) is 0.385. The monoisotopic (exact) mass is 454 g/mol. The van der Waals surface area contributed by atoms with E-state index < -0.39 is 0 Å². The molecule has 1 amide bonds. The lowest BCUT2D eigenvalue weighted by molar-refractivity contribution is -0.143. The third kappa shape index (κ3) is 4.77. The molecule has 1 aromatic heterocycles. The largest absolute Gasteiger partial charge is 0.465 e. The number of fused-ring (bicyclic) bond motifs is 3. The summed E-state index contributed by atoms with van der Waals surface area (Å²) in [7, 11) is 0. The van der Waals surface area contributed by atoms with Crippen LogP contribution < -0.4 is 0 Å². The molecule has 174 valence electrons. The summed E-state index contributed by atoms with van der Waals surface area (Å²) in [4.78, 5) is 26.5. The zero-order chi connectivity index (χ0) is 23.5. The van der Waals surface area contributed by atoms with Crippen LogP contribution in [-0.4, -0.2) is 40.5 Å². The Labute approximate surface area is 191 Å². The molecule has 1 aliphatic carbocycles. The van der Waals surface area contributed by atoms with Gasteiger partial charge >= 0.3 is 5.97 Å². The molecule has 0 N–H and O–H groups in total. The molecule has 2 aromatic carbocycles. The van der Waals surface area contributed by atoms with Crippen molar-refractivity contribution in [2.45, 2.75) is 52.1 Å². The number of benzene rings is 2. The van der Waals surface area contributed by atoms with Crippen LogP contribution in [0.25, 0.3) is 10.9 Å². The maximum absolute atomic E-state index is 14.1. The minimum atomic E-state index is -0.344. The van der Waals surface area contributed by atoms with Crippen molar-refractivity contribution >= 4 is 22.8 Å². The van der Waals surface area contributed by atoms with Crippen LogP contribution in [0.5, 0.6) is 0 Å². The fourth-order valence-corrected chi connectivity index (χ4v) is 4.93. The van der Waals surface area contributed by atoms with E-state index in [2.05, 4.69) is 0 Å². The molecule has 5 nitrogen and oxygen atoms in total. The van der Waals surface area contributed by atoms with Crippen molar-refractivity contribution in [3.63, 3.8) is 0 Å². The number of amides is 1. The molecule has 0 bridgehead atoms. The number of ether oxygens (including phenoxy) is 1. The highest BCUT2D eigenvalue weighted by molar-refractivity contribution is 5.87. The Balaban J connectivity index is 1.63. The molecule has 0 fully saturated rings. The summed E-state index contributed by atoms with van der Waals surface area (Å²) >= 11 is 0. The highest BCUT2D eigenvalue weighted by Gasteiger charge is 2.31. The summed E-state index contributed by atoms with van der Waals surface area (Å²) in [5, 5.41) is 0.761. The molecule has 4 rings (SSSR count). The SMILES string of the molecule is CCOC(=O)Cn1c2c(c3cc(F)ccc31)C[C@@H](N(CCc1ccccc1F)C(C)=O)CC2. The van der Waals surface area contributed by atoms with E-state index >= 15 is 0 Å². The van der Waals surface area contributed by atoms with E-state index in [4.69, 9.17) is 4.74 Å². The van der Waals surface area contributed by atoms with Gasteiger partial charge in [-0.25, -0.2) is 8.78 Å². The van der Waals surface area contributed by atoms with Crippen LogP contribution in [0.4, 0.5) is 8.78 Å². The topological polar surface area (TPSA) is 51.5 Å². The molecule has 1 heterocycles. The van der Waals surface area contributed by atoms with Gasteiger partial charge in [0, 0.05) is 36.1 Å². The number of aromatic nitrogens is 1. The summed E-state index contributed by atoms with van der Waals surface area (Å²) in [6.45, 7) is 4.07. The molecule has 0 saturated carbocycles. The molecular weight excluding hydrogens is 426 g/mol. The number of hydrogen-bond acceptors (Lipinski definition) is 3. The molecule has 0 radical (unpaired) electrons. The second-order valence-electron chi connectivity index (χ2n) is 8.43. The number of carbonyl (C=O) groups excluding carboxylic acids is 2. The number of carbonyl (C=O) groups is 2. The van der Waals surface area contributed by atoms with Gasteiger partial charge in [0.25, 0.3) is 0 Å². The van der Waals surface area contributed by atoms with Crippen LogP contribution in [0.15, 0.2) is 42.5 Å². The second kappa shape index (κ2) is 9.73. The van der Waals surface area contributed by atoms with Crippen LogP contribution in [0, 0.1) is 11.6 Å². The first-order chi connectivity index (χ1) is 15.9. The van der Waals surface area contributed by atoms with Crippen LogP contribution in [0.1, 0.15) is 37.1 Å². The summed E-state index contributed by atoms with van der Waals surface area (Å²) in [6, 6.07) is 11.1. The lowest BCUT2D eigenvalue weighted by atomic mass is 9.90. The molecule has 3 aromatic rings. The van der Waals surface area contributed by atoms with E-state index in [0.29, 0.717) is 44.4 Å². The third-order valence-corrected chi connectivity index (χ3v) is 6.42. The molecule has 0 spiro atoms. The van der Waals surface area contributed by atoms with Gasteiger partial charge in [-0.1, -0.05) is 18.2 Å². The van der Waals surface area contributed by atoms with E-state index in [1.165, 1.54) is 25.1 Å². The predicted octanol–water partition coefficient (Wildman–Crippen LogP) is 4.43. The van der Waals surface area contributed by atoms with Gasteiger partial charge < -0.3 is 14.2 Å². The van der Waals surface area contributed by atoms with E-state index in [1.54, 1.807) is 36.1 Å². The zero-order valence-corrected chi connectivity index (χ0v) is 18.9. The quantitative estimate of drug-likeness (QED) is 0.497. The summed E-state index contributed by atoms with van der Waals surface area (Å²) in [6.07, 6.45) is 2.35. The molecule has 1 atom stereocenters. The normalized spacial score (nSPS) is 15.3. The Morgan fingerprint density at radius 2 is 1.97 bits per heavy atom. The molecule has 0 saturated heterocycles. The van der Waals surface area contributed by atoms with Gasteiger partial charge in [0.1, 0.15) is 18.2 Å². The number of rotatable bonds is 7. The van der Waals surface area contributed by atoms with E-state index in [9.17, 15) is 18.4 Å². The Kier molecular flexibility index (Phi) is 6.77. The average molecular weight is 455 g/mol. The van der Waals surface area contributed by atoms with E-state index in [0.717, 1.165) is 22.2 Å². The van der Waals surface area contributed by atoms with Gasteiger partial charge in [-0.15, -0.1) is 0 Å². The van der Waals surface area contributed by atoms with Gasteiger partial charge in [0.2, 0.25) is 5.91 Å². The first-order valence-corrected chi connectivity index (χ1v) is 11.3. The lowest BCUT2D eigenvalue weighted by Crippen LogP contribution is -2.43. The lowest BCUT2D eigenvalue weighted by Gasteiger charge is -2.34. The maximum Gasteiger partial charge on any atom is 0.325 e. The zero-order valence-electron chi connectivity index (χ0n) is 18.9. The van der Waals surface area contributed by atoms with Crippen molar-refractivity contribution in [2.24, 2.45) is 0 Å². The molecule has 7 heteroatoms. The summed E-state index contributed by atoms with van der Waals surface area (Å²) < 4.78 is 35.3. The van der Waals surface area contributed by atoms with Crippen molar-refractivity contribution in [2.75, 3.05) is 13.2 Å². The fourth-order valence-electron chi connectivity index (χ4n) is 4.93. The molecule has 33 heavy (non-hydrogen) atoms. The highest BCUT2D eigenvalue weighted by Crippen LogP contribution is 2.34. The smallest absolute Gasteiger partial charge is 0.325 e. The standard InChI is InChI=1S/C26H28F2N2O3/c1-3-33-26(32)16-30-24-10-8-19(27)14-21(24)22-15-20(9-11-25(22)30)29(17(2)31)13-12-18-6-4-5-7-23(18)28/h4-8,10,14,20H,3,9,11-13,15-16H2,1-2H3/t20-/m0/s1. The van der Waals surface area contributed by atoms with Crippen molar-refractivity contribution in [1.29, 1.82) is 0 Å². The van der Waals surface area contributed by atoms with E-state index in [1.807, 2.05) is 4.57 Å². The number of hydrogen-bond donors (Lipinski definition) is 0. The van der Waals surface area contributed by atoms with Gasteiger partial charge in [0.15, 0.2) is 0 Å². The van der Waals surface area contributed by atoms with Gasteiger partial charge in [-0.2, -0.15) is 0 Å². The van der Waals surface area contributed by atoms with Crippen LogP contribution in [0.3, 0.4) is 0 Å². The van der Waals surface area contributed by atoms with Gasteiger partial charge in [-0.05, 0) is 68.0 Å². The molecule has 0 aliphatic heterocycles. The van der Waals surface area contributed by atoms with Crippen molar-refractivity contribution < 1.29 is 23.1 Å². The Morgan fingerprint density at radius 3 is 2.70 bits per heavy atom. The average Bonchev–Trinajstić information content (AvgIpc) is 3.07. The Bertz CT molecular complexity index is 1190. The number of halogens is 2. The number of esters is 1. The van der Waals surface area contributed by atoms with E-state index in [-0.39, 0.29) is 36.1 Å². The molecule has 0 unspecified atom stereocenters. The minimum absolute atomic E-state index is 0.0683. The Hall–Kier alpha value is -3.22. The Morgan fingerprint density at radius 1 is 1.18 bits per heavy atom. The third-order valence-electron chi connectivity index (χ3n) is 6.42. The van der Waals surface area contributed by atoms with Crippen molar-refractivity contribution in [3.8, 4) is 0 Å². The highest BCUT2D eigenvalue weighted by atomic mass is 19.1. The van der Waals surface area contributed by atoms with Crippen LogP contribution in [-0.2, 0) is 40.1 Å². The first-order valence-electron chi connectivity index (χ1n) is 11.3. The summed E-state index contributed by atoms with van der Waals surface area (Å²) in [5.41, 5.74) is 3.31. The molecule has 1 aliphatic rings. The van der Waals surface area contributed by atoms with Crippen molar-refractivity contribution in [3.05, 3.63) is 70.9 Å². The first kappa shape index (κ1) is 23.0. The van der Waals surface area contributed by atoms with Crippen LogP contribution in [0.2, 0.25) is 0 Å². The van der Waals surface area contributed by atoms with Crippen molar-refractivity contribution in [1.82, 2.24) is 9.47 Å².